The SMILES string of the molecule is [3H]OCCN(c1ccccc1)c1ccc2c(-c3ccc(N(c4ccccc4)c4ccccc4)cc3)c3ccc(=[N+](CCO)c4ccc(C)cc4)cc-3sc2c1. The van der Waals surface area contributed by atoms with Crippen molar-refractivity contribution in [2.75, 3.05) is 36.1 Å². The van der Waals surface area contributed by atoms with Gasteiger partial charge in [0.15, 0.2) is 6.54 Å². The van der Waals surface area contributed by atoms with Crippen LogP contribution in [0.5, 0.6) is 0 Å². The Morgan fingerprint density at radius 2 is 1.22 bits per heavy atom. The normalized spacial score (nSPS) is 12.1. The lowest BCUT2D eigenvalue weighted by atomic mass is 9.94. The molecule has 0 bridgehead atoms. The molecule has 0 radical (unpaired) electrons. The molecule has 6 aromatic carbocycles. The standard InChI is InChI=1S/C48H42N3O2S/c1-35-17-21-38(22-18-35)50(30-32-53)43-26-28-45-47(34-43)54-46-33-42(49(29-31-52)37-11-5-2-6-12-37)25-27-44(46)48(45)36-19-23-41(24-20-36)51(39-13-7-3-8-14-39)40-15-9-4-10-16-40/h2-28,33-34,52-53H,29-32H2,1H3/q+1/i52T. The predicted molar refractivity (Wildman–Crippen MR) is 227 cm³/mol. The summed E-state index contributed by atoms with van der Waals surface area (Å²) in [7, 11) is 0. The molecule has 0 fully saturated rings. The van der Waals surface area contributed by atoms with E-state index in [-0.39, 0.29) is 13.2 Å². The van der Waals surface area contributed by atoms with Gasteiger partial charge in [-0.15, -0.1) is 11.3 Å². The van der Waals surface area contributed by atoms with E-state index in [1.165, 1.54) is 22.1 Å². The smallest absolute Gasteiger partial charge is 0.210 e. The van der Waals surface area contributed by atoms with Crippen LogP contribution in [0.2, 0.25) is 0 Å². The maximum Gasteiger partial charge on any atom is 0.210 e. The topological polar surface area (TPSA) is 50.0 Å². The second kappa shape index (κ2) is 15.9. The van der Waals surface area contributed by atoms with Gasteiger partial charge in [-0.05, 0) is 84.8 Å². The summed E-state index contributed by atoms with van der Waals surface area (Å²) in [5.74, 6) is 0. The fourth-order valence-corrected chi connectivity index (χ4v) is 8.39. The van der Waals surface area contributed by atoms with E-state index in [1.807, 2.05) is 30.3 Å². The summed E-state index contributed by atoms with van der Waals surface area (Å²) in [5, 5.41) is 17.1. The molecule has 1 heterocycles. The van der Waals surface area contributed by atoms with Gasteiger partial charge in [-0.2, -0.15) is 4.58 Å². The van der Waals surface area contributed by atoms with Crippen molar-refractivity contribution in [2.24, 2.45) is 0 Å². The number of benzene rings is 7. The molecule has 0 atom stereocenters. The molecule has 0 unspecified atom stereocenters. The van der Waals surface area contributed by atoms with E-state index in [4.69, 9.17) is 6.54 Å². The van der Waals surface area contributed by atoms with Gasteiger partial charge >= 0.3 is 0 Å². The Bertz CT molecular complexity index is 2500. The number of hydrogen-bond acceptors (Lipinski definition) is 5. The van der Waals surface area contributed by atoms with Crippen LogP contribution < -0.4 is 19.7 Å². The molecule has 2 aliphatic rings. The van der Waals surface area contributed by atoms with E-state index in [0.29, 0.717) is 13.1 Å². The van der Waals surface area contributed by atoms with Crippen LogP contribution in [0.1, 0.15) is 5.56 Å². The monoisotopic (exact) mass is 726 g/mol. The molecule has 0 saturated carbocycles. The average Bonchev–Trinajstić information content (AvgIpc) is 3.24. The molecule has 1 aliphatic heterocycles. The molecule has 54 heavy (non-hydrogen) atoms. The van der Waals surface area contributed by atoms with Crippen LogP contribution in [0.4, 0.5) is 34.1 Å². The molecule has 1 aliphatic carbocycles. The molecule has 0 spiro atoms. The summed E-state index contributed by atoms with van der Waals surface area (Å²) in [6.45, 7) is 3.42. The molecular formula is C48H42N3O2S+. The fourth-order valence-electron chi connectivity index (χ4n) is 7.23. The fraction of sp³-hybridized carbons (Fsp3) is 0.104. The van der Waals surface area contributed by atoms with Crippen molar-refractivity contribution in [2.45, 2.75) is 6.92 Å². The molecular weight excluding hydrogens is 683 g/mol. The van der Waals surface area contributed by atoms with Crippen molar-refractivity contribution >= 4 is 55.5 Å². The van der Waals surface area contributed by atoms with Crippen molar-refractivity contribution in [3.8, 4) is 21.6 Å². The van der Waals surface area contributed by atoms with Gasteiger partial charge in [0.2, 0.25) is 12.5 Å². The molecule has 266 valence electrons. The second-order valence-electron chi connectivity index (χ2n) is 13.3. The van der Waals surface area contributed by atoms with Gasteiger partial charge in [-0.3, -0.25) is 0 Å². The van der Waals surface area contributed by atoms with Crippen molar-refractivity contribution in [3.05, 3.63) is 187 Å². The zero-order valence-electron chi connectivity index (χ0n) is 31.2. The Morgan fingerprint density at radius 3 is 1.85 bits per heavy atom. The first-order valence-corrected chi connectivity index (χ1v) is 19.1. The van der Waals surface area contributed by atoms with E-state index in [1.54, 1.807) is 11.3 Å². The summed E-state index contributed by atoms with van der Waals surface area (Å²) >= 11 is 1.77. The first-order valence-electron chi connectivity index (χ1n) is 18.7. The highest BCUT2D eigenvalue weighted by molar-refractivity contribution is 7.21. The minimum Gasteiger partial charge on any atom is -0.395 e. The van der Waals surface area contributed by atoms with Crippen LogP contribution in [0.25, 0.3) is 31.7 Å². The third-order valence-electron chi connectivity index (χ3n) is 9.81. The predicted octanol–water partition coefficient (Wildman–Crippen LogP) is 10.7. The summed E-state index contributed by atoms with van der Waals surface area (Å²) in [6, 6.07) is 61.9. The Hall–Kier alpha value is -6.05. The van der Waals surface area contributed by atoms with Crippen LogP contribution in [-0.2, 0) is 0 Å². The van der Waals surface area contributed by atoms with Crippen LogP contribution in [0.15, 0.2) is 176 Å². The number of fused-ring (bicyclic) bond motifs is 2. The van der Waals surface area contributed by atoms with Crippen molar-refractivity contribution < 1.29 is 10.2 Å². The molecule has 5 nitrogen and oxygen atoms in total. The van der Waals surface area contributed by atoms with Crippen LogP contribution in [0.3, 0.4) is 0 Å². The number of aliphatic hydroxyl groups excluding tert-OH is 2. The van der Waals surface area contributed by atoms with Gasteiger partial charge < -0.3 is 20.0 Å². The largest absolute Gasteiger partial charge is 0.395 e. The number of aryl methyl sites for hydroxylation is 1. The van der Waals surface area contributed by atoms with Gasteiger partial charge in [0.25, 0.3) is 0 Å². The van der Waals surface area contributed by atoms with Gasteiger partial charge in [-0.1, -0.05) is 90.5 Å². The minimum atomic E-state index is 0.0361. The molecule has 0 aromatic heterocycles. The summed E-state index contributed by atoms with van der Waals surface area (Å²) in [5.41, 5.74) is 11.0. The molecule has 0 amide bonds. The Labute approximate surface area is 322 Å². The number of rotatable bonds is 12. The Morgan fingerprint density at radius 1 is 0.611 bits per heavy atom. The third-order valence-corrected chi connectivity index (χ3v) is 10.9. The molecule has 6 aromatic rings. The summed E-state index contributed by atoms with van der Waals surface area (Å²) < 4.78 is 10.7. The van der Waals surface area contributed by atoms with E-state index in [9.17, 15) is 5.11 Å². The van der Waals surface area contributed by atoms with Gasteiger partial charge in [0.05, 0.1) is 6.61 Å². The summed E-state index contributed by atoms with van der Waals surface area (Å²) in [6.07, 6.45) is 0. The number of para-hydroxylation sites is 3. The lowest BCUT2D eigenvalue weighted by Gasteiger charge is -2.26. The lowest BCUT2D eigenvalue weighted by Crippen LogP contribution is -2.28. The highest BCUT2D eigenvalue weighted by Gasteiger charge is 2.21. The van der Waals surface area contributed by atoms with Crippen LogP contribution in [0, 0.1) is 6.92 Å². The van der Waals surface area contributed by atoms with Crippen molar-refractivity contribution in [1.29, 1.82) is 1.43 Å². The van der Waals surface area contributed by atoms with E-state index in [2.05, 4.69) is 167 Å². The highest BCUT2D eigenvalue weighted by atomic mass is 32.1. The van der Waals surface area contributed by atoms with E-state index in [0.717, 1.165) is 54.6 Å². The van der Waals surface area contributed by atoms with Gasteiger partial charge in [-0.25, -0.2) is 0 Å². The first kappa shape index (κ1) is 33.8. The van der Waals surface area contributed by atoms with E-state index >= 15 is 0 Å². The number of anilines is 5. The number of aliphatic hydroxyl groups is 2. The lowest BCUT2D eigenvalue weighted by molar-refractivity contribution is 0.291. The number of hydrogen-bond donors (Lipinski definition) is 2. The van der Waals surface area contributed by atoms with Crippen LogP contribution >= 0.6 is 11.3 Å². The zero-order chi connectivity index (χ0) is 37.6. The van der Waals surface area contributed by atoms with Gasteiger partial charge in [0.1, 0.15) is 6.61 Å². The van der Waals surface area contributed by atoms with Crippen molar-refractivity contribution in [1.82, 2.24) is 4.58 Å². The van der Waals surface area contributed by atoms with Gasteiger partial charge in [0, 0.05) is 79.8 Å². The summed E-state index contributed by atoms with van der Waals surface area (Å²) in [4.78, 5) is 5.63. The molecule has 0 saturated heterocycles. The first-order chi connectivity index (χ1) is 27.1. The Balaban J connectivity index is 1.32. The number of nitrogens with zero attached hydrogens (tertiary/aromatic N) is 3. The van der Waals surface area contributed by atoms with Crippen LogP contribution in [-0.4, -0.2) is 37.9 Å². The van der Waals surface area contributed by atoms with E-state index < -0.39 is 0 Å². The Kier molecular flexibility index (Phi) is 9.94. The zero-order valence-corrected chi connectivity index (χ0v) is 31.0. The molecule has 8 rings (SSSR count). The molecule has 2 N–H and O–H groups in total. The van der Waals surface area contributed by atoms with Crippen molar-refractivity contribution in [3.63, 3.8) is 0 Å². The third kappa shape index (κ3) is 7.15. The maximum absolute atomic E-state index is 10.1. The minimum absolute atomic E-state index is 0.0361. The second-order valence-corrected chi connectivity index (χ2v) is 14.4. The highest BCUT2D eigenvalue weighted by Crippen LogP contribution is 2.45. The molecule has 6 heteroatoms. The quantitative estimate of drug-likeness (QED) is 0.0972. The maximum atomic E-state index is 10.1. The average molecular weight is 727 g/mol.